The van der Waals surface area contributed by atoms with Crippen LogP contribution in [-0.4, -0.2) is 18.7 Å². The third kappa shape index (κ3) is 4.29. The maximum absolute atomic E-state index is 13.0. The van der Waals surface area contributed by atoms with E-state index < -0.39 is 5.92 Å². The van der Waals surface area contributed by atoms with E-state index in [1.165, 1.54) is 0 Å². The number of allylic oxidation sites excluding steroid dienone is 4. The zero-order valence-corrected chi connectivity index (χ0v) is 21.1. The van der Waals surface area contributed by atoms with Gasteiger partial charge < -0.3 is 14.2 Å². The van der Waals surface area contributed by atoms with Gasteiger partial charge in [-0.05, 0) is 48.2 Å². The SMILES string of the molecule is COc1cc(C2C3=C(CCCC3=O)OC3=C2C(=O)CCC3)cc(Cl)c1OCc1ccc(Br)cc1. The summed E-state index contributed by atoms with van der Waals surface area (Å²) in [6.07, 6.45) is 3.81. The van der Waals surface area contributed by atoms with Gasteiger partial charge in [0, 0.05) is 47.2 Å². The first-order chi connectivity index (χ1) is 16.5. The van der Waals surface area contributed by atoms with Crippen LogP contribution in [0.25, 0.3) is 0 Å². The number of hydrogen-bond acceptors (Lipinski definition) is 5. The average molecular weight is 544 g/mol. The molecule has 176 valence electrons. The summed E-state index contributed by atoms with van der Waals surface area (Å²) in [6.45, 7) is 0.321. The number of carbonyl (C=O) groups excluding carboxylic acids is 2. The van der Waals surface area contributed by atoms with E-state index >= 15 is 0 Å². The Morgan fingerprint density at radius 2 is 1.59 bits per heavy atom. The lowest BCUT2D eigenvalue weighted by Gasteiger charge is -2.36. The molecule has 0 saturated carbocycles. The summed E-state index contributed by atoms with van der Waals surface area (Å²) >= 11 is 10.1. The van der Waals surface area contributed by atoms with Crippen molar-refractivity contribution in [1.29, 1.82) is 0 Å². The van der Waals surface area contributed by atoms with Gasteiger partial charge in [0.05, 0.1) is 12.1 Å². The molecule has 0 radical (unpaired) electrons. The van der Waals surface area contributed by atoms with Gasteiger partial charge in [0.25, 0.3) is 0 Å². The van der Waals surface area contributed by atoms with Gasteiger partial charge in [-0.15, -0.1) is 0 Å². The van der Waals surface area contributed by atoms with Crippen molar-refractivity contribution in [2.75, 3.05) is 7.11 Å². The van der Waals surface area contributed by atoms with Crippen LogP contribution in [0.5, 0.6) is 11.5 Å². The van der Waals surface area contributed by atoms with E-state index in [9.17, 15) is 9.59 Å². The Morgan fingerprint density at radius 1 is 0.971 bits per heavy atom. The first-order valence-corrected chi connectivity index (χ1v) is 12.6. The molecule has 1 heterocycles. The molecule has 0 spiro atoms. The number of ketones is 2. The van der Waals surface area contributed by atoms with Crippen LogP contribution in [-0.2, 0) is 20.9 Å². The van der Waals surface area contributed by atoms with Crippen molar-refractivity contribution < 1.29 is 23.8 Å². The molecule has 7 heteroatoms. The summed E-state index contributed by atoms with van der Waals surface area (Å²) in [6, 6.07) is 11.4. The van der Waals surface area contributed by atoms with Gasteiger partial charge in [0.1, 0.15) is 18.1 Å². The zero-order chi connectivity index (χ0) is 23.8. The maximum atomic E-state index is 13.0. The Labute approximate surface area is 211 Å². The van der Waals surface area contributed by atoms with Crippen LogP contribution in [0.1, 0.15) is 55.6 Å². The van der Waals surface area contributed by atoms with Gasteiger partial charge in [-0.2, -0.15) is 0 Å². The summed E-state index contributed by atoms with van der Waals surface area (Å²) in [5.41, 5.74) is 2.90. The van der Waals surface area contributed by atoms with Crippen molar-refractivity contribution >= 4 is 39.1 Å². The fourth-order valence-electron chi connectivity index (χ4n) is 4.93. The second kappa shape index (κ2) is 9.59. The second-order valence-corrected chi connectivity index (χ2v) is 10.0. The highest BCUT2D eigenvalue weighted by atomic mass is 79.9. The highest BCUT2D eigenvalue weighted by Crippen LogP contribution is 2.50. The van der Waals surface area contributed by atoms with E-state index in [2.05, 4.69) is 15.9 Å². The quantitative estimate of drug-likeness (QED) is 0.414. The van der Waals surface area contributed by atoms with Crippen molar-refractivity contribution in [1.82, 2.24) is 0 Å². The van der Waals surface area contributed by atoms with Gasteiger partial charge in [0.15, 0.2) is 23.1 Å². The normalized spacial score (nSPS) is 18.4. The van der Waals surface area contributed by atoms with Crippen LogP contribution in [0.4, 0.5) is 0 Å². The predicted molar refractivity (Wildman–Crippen MR) is 132 cm³/mol. The lowest BCUT2D eigenvalue weighted by atomic mass is 9.73. The number of carbonyl (C=O) groups is 2. The summed E-state index contributed by atoms with van der Waals surface area (Å²) in [4.78, 5) is 26.0. The minimum absolute atomic E-state index is 0.0295. The topological polar surface area (TPSA) is 61.8 Å². The van der Waals surface area contributed by atoms with E-state index in [1.807, 2.05) is 30.3 Å². The summed E-state index contributed by atoms with van der Waals surface area (Å²) < 4.78 is 18.8. The molecule has 3 aliphatic rings. The minimum Gasteiger partial charge on any atom is -0.493 e. The van der Waals surface area contributed by atoms with Crippen LogP contribution >= 0.6 is 27.5 Å². The summed E-state index contributed by atoms with van der Waals surface area (Å²) in [5.74, 6) is 1.84. The van der Waals surface area contributed by atoms with E-state index in [0.29, 0.717) is 71.5 Å². The van der Waals surface area contributed by atoms with Gasteiger partial charge in [-0.25, -0.2) is 0 Å². The van der Waals surface area contributed by atoms with Crippen molar-refractivity contribution in [2.24, 2.45) is 0 Å². The van der Waals surface area contributed by atoms with Crippen LogP contribution in [0.3, 0.4) is 0 Å². The largest absolute Gasteiger partial charge is 0.493 e. The fourth-order valence-corrected chi connectivity index (χ4v) is 5.47. The Bertz CT molecular complexity index is 1190. The van der Waals surface area contributed by atoms with Crippen molar-refractivity contribution in [3.63, 3.8) is 0 Å². The first kappa shape index (κ1) is 23.2. The van der Waals surface area contributed by atoms with Gasteiger partial charge in [-0.1, -0.05) is 39.7 Å². The first-order valence-electron chi connectivity index (χ1n) is 11.4. The second-order valence-electron chi connectivity index (χ2n) is 8.71. The minimum atomic E-state index is -0.494. The molecule has 0 saturated heterocycles. The van der Waals surface area contributed by atoms with Crippen molar-refractivity contribution in [3.8, 4) is 11.5 Å². The van der Waals surface area contributed by atoms with Crippen LogP contribution in [0.15, 0.2) is 63.5 Å². The molecule has 34 heavy (non-hydrogen) atoms. The fraction of sp³-hybridized carbons (Fsp3) is 0.333. The maximum Gasteiger partial charge on any atom is 0.180 e. The number of hydrogen-bond donors (Lipinski definition) is 0. The molecule has 0 aromatic heterocycles. The molecule has 0 unspecified atom stereocenters. The van der Waals surface area contributed by atoms with Crippen LogP contribution in [0.2, 0.25) is 5.02 Å². The standard InChI is InChI=1S/C27H24BrClO5/c1-32-23-13-16(12-18(29)27(23)33-14-15-8-10-17(28)11-9-15)24-25-19(30)4-2-6-21(25)34-22-7-3-5-20(31)26(22)24/h8-13,24H,2-7,14H2,1H3. The highest BCUT2D eigenvalue weighted by Gasteiger charge is 2.42. The number of methoxy groups -OCH3 is 1. The molecule has 0 bridgehead atoms. The molecule has 0 N–H and O–H groups in total. The van der Waals surface area contributed by atoms with E-state index in [4.69, 9.17) is 25.8 Å². The molecular formula is C27H24BrClO5. The molecule has 2 aromatic rings. The van der Waals surface area contributed by atoms with Gasteiger partial charge >= 0.3 is 0 Å². The molecular weight excluding hydrogens is 520 g/mol. The molecule has 5 rings (SSSR count). The lowest BCUT2D eigenvalue weighted by molar-refractivity contribution is -0.117. The number of Topliss-reactive ketones (excluding diaryl/α,β-unsaturated/α-hetero) is 2. The average Bonchev–Trinajstić information content (AvgIpc) is 2.83. The molecule has 5 nitrogen and oxygen atoms in total. The zero-order valence-electron chi connectivity index (χ0n) is 18.8. The molecule has 0 amide bonds. The Kier molecular flexibility index (Phi) is 6.54. The van der Waals surface area contributed by atoms with Crippen LogP contribution in [0, 0.1) is 0 Å². The Hall–Kier alpha value is -2.57. The number of benzene rings is 2. The van der Waals surface area contributed by atoms with Crippen LogP contribution < -0.4 is 9.47 Å². The third-order valence-electron chi connectivity index (χ3n) is 6.52. The number of ether oxygens (including phenoxy) is 3. The summed E-state index contributed by atoms with van der Waals surface area (Å²) in [7, 11) is 1.55. The van der Waals surface area contributed by atoms with E-state index in [0.717, 1.165) is 28.4 Å². The Morgan fingerprint density at radius 3 is 2.18 bits per heavy atom. The number of rotatable bonds is 5. The molecule has 1 aliphatic heterocycles. The van der Waals surface area contributed by atoms with E-state index in [1.54, 1.807) is 13.2 Å². The van der Waals surface area contributed by atoms with Gasteiger partial charge in [-0.3, -0.25) is 9.59 Å². The molecule has 0 atom stereocenters. The van der Waals surface area contributed by atoms with Gasteiger partial charge in [0.2, 0.25) is 0 Å². The monoisotopic (exact) mass is 542 g/mol. The van der Waals surface area contributed by atoms with Crippen molar-refractivity contribution in [2.45, 2.75) is 51.0 Å². The number of halogens is 2. The molecule has 2 aromatic carbocycles. The molecule has 2 aliphatic carbocycles. The highest BCUT2D eigenvalue weighted by molar-refractivity contribution is 9.10. The Balaban J connectivity index is 1.55. The smallest absolute Gasteiger partial charge is 0.180 e. The third-order valence-corrected chi connectivity index (χ3v) is 7.33. The van der Waals surface area contributed by atoms with E-state index in [-0.39, 0.29) is 11.6 Å². The molecule has 0 fully saturated rings. The van der Waals surface area contributed by atoms with Crippen molar-refractivity contribution in [3.05, 3.63) is 79.7 Å². The lowest BCUT2D eigenvalue weighted by Crippen LogP contribution is -2.30. The predicted octanol–water partition coefficient (Wildman–Crippen LogP) is 6.82. The summed E-state index contributed by atoms with van der Waals surface area (Å²) in [5, 5.41) is 0.369.